The van der Waals surface area contributed by atoms with Crippen LogP contribution in [0.1, 0.15) is 0 Å². The lowest BCUT2D eigenvalue weighted by molar-refractivity contribution is -0.385. The lowest BCUT2D eigenvalue weighted by atomic mass is 10.3. The van der Waals surface area contributed by atoms with Gasteiger partial charge in [0.2, 0.25) is 5.75 Å². The van der Waals surface area contributed by atoms with E-state index in [0.717, 1.165) is 0 Å². The van der Waals surface area contributed by atoms with E-state index in [-0.39, 0.29) is 16.5 Å². The summed E-state index contributed by atoms with van der Waals surface area (Å²) in [5.74, 6) is 0.562. The molecule has 7 heteroatoms. The molecule has 0 radical (unpaired) electrons. The average Bonchev–Trinajstić information content (AvgIpc) is 2.34. The first kappa shape index (κ1) is 12.8. The third kappa shape index (κ3) is 2.77. The van der Waals surface area contributed by atoms with Crippen LogP contribution in [-0.2, 0) is 0 Å². The molecule has 0 aliphatic heterocycles. The largest absolute Gasteiger partial charge is 0.449 e. The lowest BCUT2D eigenvalue weighted by Gasteiger charge is -2.07. The molecule has 0 aliphatic carbocycles. The first-order chi connectivity index (χ1) is 8.58. The SMILES string of the molecule is O=[N+]([O-])c1cc(Cl)ccc1Oc1ccncc1Br. The molecule has 1 aromatic carbocycles. The highest BCUT2D eigenvalue weighted by Crippen LogP contribution is 2.35. The number of pyridine rings is 1. The number of rotatable bonds is 3. The van der Waals surface area contributed by atoms with Crippen molar-refractivity contribution in [1.29, 1.82) is 0 Å². The summed E-state index contributed by atoms with van der Waals surface area (Å²) in [6, 6.07) is 5.82. The number of hydrogen-bond acceptors (Lipinski definition) is 4. The van der Waals surface area contributed by atoms with Crippen LogP contribution in [0.15, 0.2) is 41.1 Å². The van der Waals surface area contributed by atoms with Crippen LogP contribution in [-0.4, -0.2) is 9.91 Å². The maximum Gasteiger partial charge on any atom is 0.313 e. The van der Waals surface area contributed by atoms with Gasteiger partial charge in [-0.15, -0.1) is 0 Å². The smallest absolute Gasteiger partial charge is 0.313 e. The molecule has 0 bridgehead atoms. The standard InChI is InChI=1S/C11H6BrClN2O3/c12-8-6-14-4-3-10(8)18-11-2-1-7(13)5-9(11)15(16)17/h1-6H. The zero-order valence-electron chi connectivity index (χ0n) is 8.84. The number of nitrogens with zero attached hydrogens (tertiary/aromatic N) is 2. The minimum absolute atomic E-state index is 0.122. The van der Waals surface area contributed by atoms with E-state index in [1.54, 1.807) is 6.07 Å². The Morgan fingerprint density at radius 1 is 1.33 bits per heavy atom. The van der Waals surface area contributed by atoms with E-state index in [0.29, 0.717) is 10.2 Å². The number of nitro groups is 1. The van der Waals surface area contributed by atoms with Gasteiger partial charge in [-0.05, 0) is 28.1 Å². The van der Waals surface area contributed by atoms with E-state index in [9.17, 15) is 10.1 Å². The second kappa shape index (κ2) is 5.32. The van der Waals surface area contributed by atoms with Crippen LogP contribution in [0.2, 0.25) is 5.02 Å². The zero-order valence-corrected chi connectivity index (χ0v) is 11.2. The van der Waals surface area contributed by atoms with Crippen molar-refractivity contribution in [2.75, 3.05) is 0 Å². The Kier molecular flexibility index (Phi) is 3.78. The molecule has 92 valence electrons. The lowest BCUT2D eigenvalue weighted by Crippen LogP contribution is -1.94. The van der Waals surface area contributed by atoms with Crippen LogP contribution in [0, 0.1) is 10.1 Å². The molecule has 0 fully saturated rings. The Labute approximate surface area is 116 Å². The highest BCUT2D eigenvalue weighted by atomic mass is 79.9. The Morgan fingerprint density at radius 3 is 2.78 bits per heavy atom. The molecule has 0 spiro atoms. The third-order valence-electron chi connectivity index (χ3n) is 2.07. The van der Waals surface area contributed by atoms with Gasteiger partial charge in [-0.1, -0.05) is 11.6 Å². The summed E-state index contributed by atoms with van der Waals surface area (Å²) >= 11 is 8.96. The van der Waals surface area contributed by atoms with Gasteiger partial charge in [-0.3, -0.25) is 15.1 Å². The minimum atomic E-state index is -0.545. The van der Waals surface area contributed by atoms with Gasteiger partial charge >= 0.3 is 5.69 Å². The molecule has 2 aromatic rings. The molecule has 1 aromatic heterocycles. The number of benzene rings is 1. The fourth-order valence-electron chi connectivity index (χ4n) is 1.28. The van der Waals surface area contributed by atoms with Gasteiger partial charge in [0, 0.05) is 29.5 Å². The Bertz CT molecular complexity index is 607. The van der Waals surface area contributed by atoms with Crippen LogP contribution in [0.5, 0.6) is 11.5 Å². The van der Waals surface area contributed by atoms with E-state index < -0.39 is 4.92 Å². The van der Waals surface area contributed by atoms with Crippen molar-refractivity contribution < 1.29 is 9.66 Å². The molecule has 1 heterocycles. The predicted molar refractivity (Wildman–Crippen MR) is 70.1 cm³/mol. The second-order valence-electron chi connectivity index (χ2n) is 3.28. The van der Waals surface area contributed by atoms with Gasteiger partial charge in [-0.25, -0.2) is 0 Å². The summed E-state index contributed by atoms with van der Waals surface area (Å²) in [5, 5.41) is 11.2. The number of nitro benzene ring substituents is 1. The van der Waals surface area contributed by atoms with Crippen molar-refractivity contribution in [3.8, 4) is 11.5 Å². The predicted octanol–water partition coefficient (Wildman–Crippen LogP) is 4.20. The molecule has 0 atom stereocenters. The molecule has 5 nitrogen and oxygen atoms in total. The third-order valence-corrected chi connectivity index (χ3v) is 2.90. The van der Waals surface area contributed by atoms with Crippen molar-refractivity contribution >= 4 is 33.2 Å². The summed E-state index contributed by atoms with van der Waals surface area (Å²) < 4.78 is 6.08. The molecule has 0 amide bonds. The molecule has 0 saturated carbocycles. The van der Waals surface area contributed by atoms with Crippen molar-refractivity contribution in [3.05, 3.63) is 56.3 Å². The Balaban J connectivity index is 2.41. The van der Waals surface area contributed by atoms with Crippen molar-refractivity contribution in [1.82, 2.24) is 4.98 Å². The monoisotopic (exact) mass is 328 g/mol. The normalized spacial score (nSPS) is 10.1. The summed E-state index contributed by atoms with van der Waals surface area (Å²) in [5.41, 5.74) is -0.189. The van der Waals surface area contributed by atoms with Gasteiger partial charge in [0.25, 0.3) is 0 Å². The molecule has 0 N–H and O–H groups in total. The maximum absolute atomic E-state index is 10.9. The molecule has 2 rings (SSSR count). The van der Waals surface area contributed by atoms with Crippen LogP contribution in [0.25, 0.3) is 0 Å². The van der Waals surface area contributed by atoms with Crippen LogP contribution < -0.4 is 4.74 Å². The van der Waals surface area contributed by atoms with Crippen LogP contribution >= 0.6 is 27.5 Å². The number of hydrogen-bond donors (Lipinski definition) is 0. The Hall–Kier alpha value is -1.66. The van der Waals surface area contributed by atoms with Gasteiger partial charge in [-0.2, -0.15) is 0 Å². The molecular formula is C11H6BrClN2O3. The van der Waals surface area contributed by atoms with E-state index in [2.05, 4.69) is 20.9 Å². The van der Waals surface area contributed by atoms with Crippen molar-refractivity contribution in [2.45, 2.75) is 0 Å². The number of halogens is 2. The van der Waals surface area contributed by atoms with Gasteiger partial charge in [0.15, 0.2) is 0 Å². The fraction of sp³-hybridized carbons (Fsp3) is 0. The van der Waals surface area contributed by atoms with E-state index in [4.69, 9.17) is 16.3 Å². The first-order valence-corrected chi connectivity index (χ1v) is 5.96. The van der Waals surface area contributed by atoms with Crippen molar-refractivity contribution in [2.24, 2.45) is 0 Å². The summed E-state index contributed by atoms with van der Waals surface area (Å²) in [6.07, 6.45) is 3.07. The summed E-state index contributed by atoms with van der Waals surface area (Å²) in [6.45, 7) is 0. The molecular weight excluding hydrogens is 323 g/mol. The van der Waals surface area contributed by atoms with E-state index in [1.165, 1.54) is 30.6 Å². The molecule has 18 heavy (non-hydrogen) atoms. The summed E-state index contributed by atoms with van der Waals surface area (Å²) in [4.78, 5) is 14.2. The Morgan fingerprint density at radius 2 is 2.11 bits per heavy atom. The highest BCUT2D eigenvalue weighted by Gasteiger charge is 2.17. The number of aromatic nitrogens is 1. The maximum atomic E-state index is 10.9. The highest BCUT2D eigenvalue weighted by molar-refractivity contribution is 9.10. The van der Waals surface area contributed by atoms with Crippen LogP contribution in [0.3, 0.4) is 0 Å². The first-order valence-electron chi connectivity index (χ1n) is 4.79. The van der Waals surface area contributed by atoms with E-state index >= 15 is 0 Å². The second-order valence-corrected chi connectivity index (χ2v) is 4.57. The van der Waals surface area contributed by atoms with Gasteiger partial charge in [0.1, 0.15) is 5.75 Å². The number of ether oxygens (including phenoxy) is 1. The van der Waals surface area contributed by atoms with E-state index in [1.807, 2.05) is 0 Å². The summed E-state index contributed by atoms with van der Waals surface area (Å²) in [7, 11) is 0. The quantitative estimate of drug-likeness (QED) is 0.625. The fourth-order valence-corrected chi connectivity index (χ4v) is 1.78. The van der Waals surface area contributed by atoms with Crippen LogP contribution in [0.4, 0.5) is 5.69 Å². The van der Waals surface area contributed by atoms with Crippen molar-refractivity contribution in [3.63, 3.8) is 0 Å². The molecule has 0 saturated heterocycles. The minimum Gasteiger partial charge on any atom is -0.449 e. The topological polar surface area (TPSA) is 65.3 Å². The molecule has 0 unspecified atom stereocenters. The average molecular weight is 330 g/mol. The van der Waals surface area contributed by atoms with Gasteiger partial charge in [0.05, 0.1) is 9.40 Å². The molecule has 0 aliphatic rings. The zero-order chi connectivity index (χ0) is 13.1. The van der Waals surface area contributed by atoms with Gasteiger partial charge < -0.3 is 4.74 Å².